The first-order valence-electron chi connectivity index (χ1n) is 9.56. The molecule has 5 nitrogen and oxygen atoms in total. The van der Waals surface area contributed by atoms with Crippen molar-refractivity contribution < 1.29 is 4.79 Å². The number of carbonyl (C=O) groups is 1. The molecule has 26 heavy (non-hydrogen) atoms. The zero-order valence-electron chi connectivity index (χ0n) is 16.0. The Hall–Kier alpha value is -1.56. The molecule has 1 aromatic rings. The van der Waals surface area contributed by atoms with Crippen LogP contribution in [0, 0.1) is 0 Å². The average Bonchev–Trinajstić information content (AvgIpc) is 2.98. The Bertz CT molecular complexity index is 761. The van der Waals surface area contributed by atoms with Crippen LogP contribution in [0.25, 0.3) is 0 Å². The minimum atomic E-state index is -0.154. The van der Waals surface area contributed by atoms with E-state index in [9.17, 15) is 9.59 Å². The van der Waals surface area contributed by atoms with Crippen molar-refractivity contribution in [3.63, 3.8) is 0 Å². The smallest absolute Gasteiger partial charge is 0.254 e. The van der Waals surface area contributed by atoms with Gasteiger partial charge in [-0.15, -0.1) is 0 Å². The number of hydrogen-bond donors (Lipinski definition) is 1. The van der Waals surface area contributed by atoms with Crippen molar-refractivity contribution in [1.29, 1.82) is 0 Å². The highest BCUT2D eigenvalue weighted by Gasteiger charge is 2.29. The fourth-order valence-corrected chi connectivity index (χ4v) is 4.62. The van der Waals surface area contributed by atoms with Gasteiger partial charge in [0, 0.05) is 30.2 Å². The van der Waals surface area contributed by atoms with Crippen molar-refractivity contribution in [2.45, 2.75) is 75.9 Å². The average molecular weight is 376 g/mol. The van der Waals surface area contributed by atoms with Gasteiger partial charge in [-0.1, -0.05) is 44.2 Å². The summed E-state index contributed by atoms with van der Waals surface area (Å²) in [7, 11) is 0. The summed E-state index contributed by atoms with van der Waals surface area (Å²) in [6.45, 7) is 6.85. The summed E-state index contributed by atoms with van der Waals surface area (Å²) >= 11 is 1.57. The number of carbonyl (C=O) groups excluding carboxylic acids is 1. The third-order valence-electron chi connectivity index (χ3n) is 5.03. The molecule has 1 aliphatic carbocycles. The van der Waals surface area contributed by atoms with E-state index in [1.165, 1.54) is 31.3 Å². The van der Waals surface area contributed by atoms with Crippen LogP contribution in [0.5, 0.6) is 0 Å². The number of aromatic nitrogens is 2. The Balaban J connectivity index is 1.58. The van der Waals surface area contributed by atoms with Crippen LogP contribution >= 0.6 is 11.8 Å². The second kappa shape index (κ2) is 7.99. The molecule has 1 atom stereocenters. The SMILES string of the molecule is CC(C)(C)c1cc(=O)n2c(n1)SCC2CC(=O)NCCC1=CCCCC1. The number of rotatable bonds is 5. The van der Waals surface area contributed by atoms with Gasteiger partial charge in [-0.25, -0.2) is 4.98 Å². The van der Waals surface area contributed by atoms with Crippen LogP contribution in [0.3, 0.4) is 0 Å². The lowest BCUT2D eigenvalue weighted by molar-refractivity contribution is -0.121. The summed E-state index contributed by atoms with van der Waals surface area (Å²) in [6.07, 6.45) is 8.49. The molecule has 0 saturated heterocycles. The minimum absolute atomic E-state index is 0.0201. The molecular formula is C20H29N3O2S. The summed E-state index contributed by atoms with van der Waals surface area (Å²) in [5.41, 5.74) is 2.08. The van der Waals surface area contributed by atoms with Crippen molar-refractivity contribution in [3.05, 3.63) is 33.8 Å². The van der Waals surface area contributed by atoms with Crippen LogP contribution in [-0.2, 0) is 10.2 Å². The standard InChI is InChI=1S/C20H29N3O2S/c1-20(2,3)16-12-18(25)23-15(13-26-19(23)22-16)11-17(24)21-10-9-14-7-5-4-6-8-14/h7,12,15H,4-6,8-11,13H2,1-3H3,(H,21,24). The first kappa shape index (κ1) is 19.2. The lowest BCUT2D eigenvalue weighted by Gasteiger charge is -2.19. The lowest BCUT2D eigenvalue weighted by atomic mass is 9.92. The van der Waals surface area contributed by atoms with Gasteiger partial charge in [-0.2, -0.15) is 0 Å². The third kappa shape index (κ3) is 4.58. The highest BCUT2D eigenvalue weighted by molar-refractivity contribution is 7.99. The molecule has 0 fully saturated rings. The van der Waals surface area contributed by atoms with E-state index in [1.807, 2.05) is 0 Å². The van der Waals surface area contributed by atoms with E-state index in [2.05, 4.69) is 37.1 Å². The first-order chi connectivity index (χ1) is 12.3. The Kier molecular flexibility index (Phi) is 5.90. The number of amides is 1. The van der Waals surface area contributed by atoms with Crippen LogP contribution in [0.1, 0.15) is 71.0 Å². The minimum Gasteiger partial charge on any atom is -0.356 e. The highest BCUT2D eigenvalue weighted by atomic mass is 32.2. The van der Waals surface area contributed by atoms with Crippen molar-refractivity contribution in [3.8, 4) is 0 Å². The number of thioether (sulfide) groups is 1. The summed E-state index contributed by atoms with van der Waals surface area (Å²) in [6, 6.07) is 1.52. The van der Waals surface area contributed by atoms with Crippen LogP contribution < -0.4 is 10.9 Å². The van der Waals surface area contributed by atoms with Crippen LogP contribution in [-0.4, -0.2) is 27.8 Å². The van der Waals surface area contributed by atoms with Gasteiger partial charge >= 0.3 is 0 Å². The largest absolute Gasteiger partial charge is 0.356 e. The molecule has 1 aliphatic heterocycles. The summed E-state index contributed by atoms with van der Waals surface area (Å²) < 4.78 is 1.70. The molecule has 0 radical (unpaired) electrons. The van der Waals surface area contributed by atoms with E-state index < -0.39 is 0 Å². The molecule has 1 amide bonds. The molecule has 6 heteroatoms. The molecular weight excluding hydrogens is 346 g/mol. The first-order valence-corrected chi connectivity index (χ1v) is 10.5. The second-order valence-electron chi connectivity index (χ2n) is 8.26. The van der Waals surface area contributed by atoms with E-state index in [4.69, 9.17) is 0 Å². The number of hydrogen-bond acceptors (Lipinski definition) is 4. The van der Waals surface area contributed by atoms with Gasteiger partial charge in [0.05, 0.1) is 11.7 Å². The number of nitrogens with one attached hydrogen (secondary N) is 1. The van der Waals surface area contributed by atoms with Gasteiger partial charge in [-0.05, 0) is 32.1 Å². The van der Waals surface area contributed by atoms with Gasteiger partial charge in [0.1, 0.15) is 0 Å². The quantitative estimate of drug-likeness (QED) is 0.631. The van der Waals surface area contributed by atoms with Crippen molar-refractivity contribution in [2.75, 3.05) is 12.3 Å². The van der Waals surface area contributed by atoms with Crippen LogP contribution in [0.15, 0.2) is 27.7 Å². The monoisotopic (exact) mass is 375 g/mol. The molecule has 0 spiro atoms. The Morgan fingerprint density at radius 3 is 2.88 bits per heavy atom. The predicted molar refractivity (Wildman–Crippen MR) is 106 cm³/mol. The number of nitrogens with zero attached hydrogens (tertiary/aromatic N) is 2. The number of fused-ring (bicyclic) bond motifs is 1. The second-order valence-corrected chi connectivity index (χ2v) is 9.25. The zero-order valence-corrected chi connectivity index (χ0v) is 16.8. The topological polar surface area (TPSA) is 64.0 Å². The van der Waals surface area contributed by atoms with Crippen molar-refractivity contribution in [2.24, 2.45) is 0 Å². The summed E-state index contributed by atoms with van der Waals surface area (Å²) in [5.74, 6) is 0.751. The fraction of sp³-hybridized carbons (Fsp3) is 0.650. The zero-order chi connectivity index (χ0) is 18.7. The van der Waals surface area contributed by atoms with Crippen LogP contribution in [0.4, 0.5) is 0 Å². The summed E-state index contributed by atoms with van der Waals surface area (Å²) in [4.78, 5) is 29.5. The molecule has 3 rings (SSSR count). The van der Waals surface area contributed by atoms with E-state index in [0.29, 0.717) is 13.0 Å². The van der Waals surface area contributed by atoms with Gasteiger partial charge in [0.25, 0.3) is 5.56 Å². The van der Waals surface area contributed by atoms with Crippen molar-refractivity contribution in [1.82, 2.24) is 14.9 Å². The molecule has 1 N–H and O–H groups in total. The Morgan fingerprint density at radius 2 is 2.19 bits per heavy atom. The molecule has 1 aromatic heterocycles. The normalized spacial score (nSPS) is 19.8. The molecule has 1 unspecified atom stereocenters. The third-order valence-corrected chi connectivity index (χ3v) is 6.13. The molecule has 2 heterocycles. The molecule has 0 aromatic carbocycles. The van der Waals surface area contributed by atoms with Crippen LogP contribution in [0.2, 0.25) is 0 Å². The fourth-order valence-electron chi connectivity index (χ4n) is 3.47. The van der Waals surface area contributed by atoms with Gasteiger partial charge in [0.15, 0.2) is 5.16 Å². The molecule has 2 aliphatic rings. The lowest BCUT2D eigenvalue weighted by Crippen LogP contribution is -2.32. The van der Waals surface area contributed by atoms with Gasteiger partial charge in [0.2, 0.25) is 5.91 Å². The maximum Gasteiger partial charge on any atom is 0.254 e. The highest BCUT2D eigenvalue weighted by Crippen LogP contribution is 2.33. The summed E-state index contributed by atoms with van der Waals surface area (Å²) in [5, 5.41) is 3.76. The van der Waals surface area contributed by atoms with E-state index in [0.717, 1.165) is 23.0 Å². The number of allylic oxidation sites excluding steroid dienone is 1. The van der Waals surface area contributed by atoms with Gasteiger partial charge < -0.3 is 5.32 Å². The Morgan fingerprint density at radius 1 is 1.38 bits per heavy atom. The maximum absolute atomic E-state index is 12.6. The van der Waals surface area contributed by atoms with Gasteiger partial charge in [-0.3, -0.25) is 14.2 Å². The van der Waals surface area contributed by atoms with E-state index in [1.54, 1.807) is 22.4 Å². The molecule has 0 bridgehead atoms. The Labute approximate surface area is 159 Å². The van der Waals surface area contributed by atoms with E-state index >= 15 is 0 Å². The molecule has 0 saturated carbocycles. The van der Waals surface area contributed by atoms with E-state index in [-0.39, 0.29) is 22.9 Å². The van der Waals surface area contributed by atoms with Crippen molar-refractivity contribution >= 4 is 17.7 Å². The predicted octanol–water partition coefficient (Wildman–Crippen LogP) is 3.58. The maximum atomic E-state index is 12.6. The molecule has 142 valence electrons.